The number of alkyl halides is 3. The zero-order valence-electron chi connectivity index (χ0n) is 18.2. The summed E-state index contributed by atoms with van der Waals surface area (Å²) < 4.78 is 78.9. The zero-order valence-corrected chi connectivity index (χ0v) is 19.1. The van der Waals surface area contributed by atoms with Crippen molar-refractivity contribution in [2.45, 2.75) is 62.7 Å². The second kappa shape index (κ2) is 9.42. The molecule has 0 saturated heterocycles. The van der Waals surface area contributed by atoms with Crippen molar-refractivity contribution in [1.82, 2.24) is 10.0 Å². The monoisotopic (exact) mass is 486 g/mol. The van der Waals surface area contributed by atoms with Gasteiger partial charge in [-0.05, 0) is 74.6 Å². The van der Waals surface area contributed by atoms with Gasteiger partial charge in [0.1, 0.15) is 5.82 Å². The summed E-state index contributed by atoms with van der Waals surface area (Å²) in [6, 6.07) is 8.47. The zero-order chi connectivity index (χ0) is 24.4. The van der Waals surface area contributed by atoms with Crippen LogP contribution in [-0.4, -0.2) is 20.4 Å². The normalized spacial score (nSPS) is 22.5. The molecule has 0 aliphatic heterocycles. The van der Waals surface area contributed by atoms with Crippen molar-refractivity contribution in [1.29, 1.82) is 0 Å². The summed E-state index contributed by atoms with van der Waals surface area (Å²) in [4.78, 5) is 12.6. The highest BCUT2D eigenvalue weighted by Gasteiger charge is 2.39. The Balaban J connectivity index is 1.58. The summed E-state index contributed by atoms with van der Waals surface area (Å²) >= 11 is 0. The predicted octanol–water partition coefficient (Wildman–Crippen LogP) is 4.95. The van der Waals surface area contributed by atoms with Crippen LogP contribution in [0.1, 0.15) is 56.7 Å². The van der Waals surface area contributed by atoms with E-state index in [0.29, 0.717) is 25.7 Å². The van der Waals surface area contributed by atoms with Gasteiger partial charge in [0.2, 0.25) is 15.9 Å². The van der Waals surface area contributed by atoms with Crippen LogP contribution in [0.5, 0.6) is 0 Å². The van der Waals surface area contributed by atoms with Gasteiger partial charge in [-0.1, -0.05) is 19.1 Å². The molecule has 1 saturated carbocycles. The fourth-order valence-corrected chi connectivity index (χ4v) is 5.22. The Morgan fingerprint density at radius 2 is 1.58 bits per heavy atom. The quantitative estimate of drug-likeness (QED) is 0.568. The molecule has 10 heteroatoms. The minimum absolute atomic E-state index is 0.164. The lowest BCUT2D eigenvalue weighted by Gasteiger charge is -2.37. The van der Waals surface area contributed by atoms with E-state index in [2.05, 4.69) is 10.0 Å². The first-order valence-electron chi connectivity index (χ1n) is 10.6. The van der Waals surface area contributed by atoms with Gasteiger partial charge in [0, 0.05) is 11.5 Å². The van der Waals surface area contributed by atoms with Crippen LogP contribution in [0.15, 0.2) is 53.4 Å². The van der Waals surface area contributed by atoms with Crippen LogP contribution >= 0.6 is 0 Å². The number of hydrogen-bond acceptors (Lipinski definition) is 3. The standard InChI is InChI=1S/C23H26F4N2O3S/c1-15(16-3-7-18(24)8-4-16)28-21(30)22(2)13-11-19(12-14-22)29-33(31,32)20-9-5-17(6-10-20)23(25,26)27/h3-10,15,19,29H,11-14H2,1-2H3,(H,28,30). The first kappa shape index (κ1) is 25.2. The molecule has 2 N–H and O–H groups in total. The number of hydrogen-bond donors (Lipinski definition) is 2. The van der Waals surface area contributed by atoms with Crippen molar-refractivity contribution in [2.75, 3.05) is 0 Å². The molecular weight excluding hydrogens is 460 g/mol. The molecule has 1 aliphatic rings. The van der Waals surface area contributed by atoms with Crippen molar-refractivity contribution < 1.29 is 30.8 Å². The smallest absolute Gasteiger partial charge is 0.349 e. The number of nitrogens with one attached hydrogen (secondary N) is 2. The van der Waals surface area contributed by atoms with Crippen LogP contribution in [0, 0.1) is 11.2 Å². The van der Waals surface area contributed by atoms with Gasteiger partial charge in [0.05, 0.1) is 16.5 Å². The van der Waals surface area contributed by atoms with E-state index in [1.807, 2.05) is 6.92 Å². The number of halogens is 4. The number of carbonyl (C=O) groups is 1. The maximum absolute atomic E-state index is 13.1. The molecule has 1 unspecified atom stereocenters. The van der Waals surface area contributed by atoms with Gasteiger partial charge < -0.3 is 5.32 Å². The Morgan fingerprint density at radius 3 is 2.09 bits per heavy atom. The summed E-state index contributed by atoms with van der Waals surface area (Å²) in [6.07, 6.45) is -2.84. The molecule has 0 heterocycles. The summed E-state index contributed by atoms with van der Waals surface area (Å²) in [5.74, 6) is -0.523. The second-order valence-corrected chi connectivity index (χ2v) is 10.4. The molecule has 0 spiro atoms. The molecule has 0 radical (unpaired) electrons. The fourth-order valence-electron chi connectivity index (χ4n) is 3.92. The predicted molar refractivity (Wildman–Crippen MR) is 115 cm³/mol. The highest BCUT2D eigenvalue weighted by atomic mass is 32.2. The van der Waals surface area contributed by atoms with E-state index in [1.54, 1.807) is 19.1 Å². The number of sulfonamides is 1. The Morgan fingerprint density at radius 1 is 1.03 bits per heavy atom. The third-order valence-corrected chi connectivity index (χ3v) is 7.71. The third kappa shape index (κ3) is 6.11. The molecular formula is C23H26F4N2O3S. The minimum atomic E-state index is -4.54. The van der Waals surface area contributed by atoms with Crippen LogP contribution in [0.3, 0.4) is 0 Å². The number of carbonyl (C=O) groups excluding carboxylic acids is 1. The minimum Gasteiger partial charge on any atom is -0.349 e. The summed E-state index contributed by atoms with van der Waals surface area (Å²) in [6.45, 7) is 3.62. The van der Waals surface area contributed by atoms with Crippen molar-refractivity contribution in [2.24, 2.45) is 5.41 Å². The van der Waals surface area contributed by atoms with Crippen molar-refractivity contribution in [3.05, 3.63) is 65.5 Å². The van der Waals surface area contributed by atoms with Crippen LogP contribution in [0.4, 0.5) is 17.6 Å². The molecule has 1 aliphatic carbocycles. The van der Waals surface area contributed by atoms with E-state index in [9.17, 15) is 30.8 Å². The summed E-state index contributed by atoms with van der Waals surface area (Å²) in [5, 5.41) is 2.94. The van der Waals surface area contributed by atoms with Crippen LogP contribution in [0.2, 0.25) is 0 Å². The lowest BCUT2D eigenvalue weighted by molar-refractivity contribution is -0.137. The Bertz CT molecular complexity index is 1080. The fraction of sp³-hybridized carbons (Fsp3) is 0.435. The summed E-state index contributed by atoms with van der Waals surface area (Å²) in [7, 11) is -3.99. The molecule has 2 aromatic carbocycles. The third-order valence-electron chi connectivity index (χ3n) is 6.17. The maximum Gasteiger partial charge on any atom is 0.416 e. The van der Waals surface area contributed by atoms with Gasteiger partial charge in [-0.25, -0.2) is 17.5 Å². The van der Waals surface area contributed by atoms with Crippen LogP contribution < -0.4 is 10.0 Å². The number of benzene rings is 2. The molecule has 180 valence electrons. The van der Waals surface area contributed by atoms with Crippen molar-refractivity contribution in [3.8, 4) is 0 Å². The molecule has 5 nitrogen and oxygen atoms in total. The lowest BCUT2D eigenvalue weighted by Crippen LogP contribution is -2.46. The second-order valence-electron chi connectivity index (χ2n) is 8.73. The van der Waals surface area contributed by atoms with Crippen molar-refractivity contribution in [3.63, 3.8) is 0 Å². The SMILES string of the molecule is CC(NC(=O)C1(C)CCC(NS(=O)(=O)c2ccc(C(F)(F)F)cc2)CC1)c1ccc(F)cc1. The van der Waals surface area contributed by atoms with Crippen LogP contribution in [0.25, 0.3) is 0 Å². The van der Waals surface area contributed by atoms with Gasteiger partial charge in [-0.2, -0.15) is 13.2 Å². The van der Waals surface area contributed by atoms with E-state index >= 15 is 0 Å². The summed E-state index contributed by atoms with van der Waals surface area (Å²) in [5.41, 5.74) is -0.841. The van der Waals surface area contributed by atoms with E-state index in [0.717, 1.165) is 29.8 Å². The van der Waals surface area contributed by atoms with Gasteiger partial charge in [-0.15, -0.1) is 0 Å². The van der Waals surface area contributed by atoms with Gasteiger partial charge in [0.15, 0.2) is 0 Å². The average Bonchev–Trinajstić information content (AvgIpc) is 2.75. The molecule has 0 aromatic heterocycles. The highest BCUT2D eigenvalue weighted by molar-refractivity contribution is 7.89. The topological polar surface area (TPSA) is 75.3 Å². The number of rotatable bonds is 6. The maximum atomic E-state index is 13.1. The molecule has 1 atom stereocenters. The van der Waals surface area contributed by atoms with Gasteiger partial charge >= 0.3 is 6.18 Å². The highest BCUT2D eigenvalue weighted by Crippen LogP contribution is 2.37. The Kier molecular flexibility index (Phi) is 7.18. The van der Waals surface area contributed by atoms with Gasteiger partial charge in [-0.3, -0.25) is 4.79 Å². The largest absolute Gasteiger partial charge is 0.416 e. The molecule has 1 fully saturated rings. The first-order chi connectivity index (χ1) is 15.3. The lowest BCUT2D eigenvalue weighted by atomic mass is 9.73. The Labute approximate surface area is 190 Å². The van der Waals surface area contributed by atoms with E-state index in [-0.39, 0.29) is 22.7 Å². The van der Waals surface area contributed by atoms with E-state index in [4.69, 9.17) is 0 Å². The molecule has 3 rings (SSSR count). The number of amides is 1. The van der Waals surface area contributed by atoms with Gasteiger partial charge in [0.25, 0.3) is 0 Å². The van der Waals surface area contributed by atoms with Crippen LogP contribution in [-0.2, 0) is 21.0 Å². The first-order valence-corrected chi connectivity index (χ1v) is 12.0. The molecule has 33 heavy (non-hydrogen) atoms. The average molecular weight is 487 g/mol. The molecule has 1 amide bonds. The molecule has 2 aromatic rings. The van der Waals surface area contributed by atoms with E-state index < -0.39 is 33.2 Å². The van der Waals surface area contributed by atoms with E-state index in [1.165, 1.54) is 12.1 Å². The van der Waals surface area contributed by atoms with Crippen molar-refractivity contribution >= 4 is 15.9 Å². The Hall–Kier alpha value is -2.46. The molecule has 0 bridgehead atoms.